The van der Waals surface area contributed by atoms with Crippen LogP contribution in [0.3, 0.4) is 0 Å². The fourth-order valence-corrected chi connectivity index (χ4v) is 2.79. The molecule has 0 fully saturated rings. The molecule has 0 aliphatic heterocycles. The lowest BCUT2D eigenvalue weighted by molar-refractivity contribution is 0.0459. The minimum Gasteiger partial charge on any atom is -0.455 e. The Bertz CT molecular complexity index is 801. The van der Waals surface area contributed by atoms with Crippen LogP contribution in [0.5, 0.6) is 0 Å². The molecule has 0 aliphatic carbocycles. The van der Waals surface area contributed by atoms with Crippen molar-refractivity contribution in [2.75, 3.05) is 0 Å². The Morgan fingerprint density at radius 2 is 2.23 bits per heavy atom. The Morgan fingerprint density at radius 1 is 1.36 bits per heavy atom. The maximum absolute atomic E-state index is 13.7. The Morgan fingerprint density at radius 3 is 2.95 bits per heavy atom. The molecule has 2 heterocycles. The molecule has 112 valence electrons. The predicted molar refractivity (Wildman–Crippen MR) is 83.0 cm³/mol. The number of nitrogens with zero attached hydrogens (tertiary/aromatic N) is 1. The maximum Gasteiger partial charge on any atom is 0.341 e. The van der Waals surface area contributed by atoms with Crippen molar-refractivity contribution in [1.29, 1.82) is 0 Å². The van der Waals surface area contributed by atoms with Crippen molar-refractivity contribution in [2.45, 2.75) is 6.61 Å². The smallest absolute Gasteiger partial charge is 0.341 e. The Hall–Kier alpha value is -1.99. The normalized spacial score (nSPS) is 10.6. The summed E-state index contributed by atoms with van der Waals surface area (Å²) in [5, 5.41) is 5.75. The highest BCUT2D eigenvalue weighted by Crippen LogP contribution is 2.25. The first kappa shape index (κ1) is 14.9. The molecule has 2 aromatic heterocycles. The average Bonchev–Trinajstić information content (AvgIpc) is 3.16. The number of thiophene rings is 1. The van der Waals surface area contributed by atoms with Gasteiger partial charge in [-0.1, -0.05) is 27.2 Å². The van der Waals surface area contributed by atoms with Crippen molar-refractivity contribution in [2.24, 2.45) is 0 Å². The molecular weight excluding hydrogens is 373 g/mol. The molecule has 0 saturated carbocycles. The summed E-state index contributed by atoms with van der Waals surface area (Å²) in [5.74, 6) is -0.777. The molecule has 0 bridgehead atoms. The van der Waals surface area contributed by atoms with E-state index in [2.05, 4.69) is 21.1 Å². The Balaban J connectivity index is 1.66. The average molecular weight is 382 g/mol. The largest absolute Gasteiger partial charge is 0.455 e. The molecule has 0 amide bonds. The van der Waals surface area contributed by atoms with Crippen LogP contribution in [0.25, 0.3) is 10.6 Å². The molecule has 0 unspecified atom stereocenters. The predicted octanol–water partition coefficient (Wildman–Crippen LogP) is 4.66. The van der Waals surface area contributed by atoms with Crippen LogP contribution in [0.2, 0.25) is 0 Å². The quantitative estimate of drug-likeness (QED) is 0.616. The van der Waals surface area contributed by atoms with Crippen LogP contribution in [0.1, 0.15) is 16.1 Å². The number of esters is 1. The third kappa shape index (κ3) is 3.26. The second kappa shape index (κ2) is 6.41. The topological polar surface area (TPSA) is 52.3 Å². The van der Waals surface area contributed by atoms with Gasteiger partial charge in [-0.2, -0.15) is 0 Å². The van der Waals surface area contributed by atoms with E-state index in [1.54, 1.807) is 12.1 Å². The Labute approximate surface area is 137 Å². The van der Waals surface area contributed by atoms with Gasteiger partial charge < -0.3 is 9.26 Å². The molecule has 0 saturated heterocycles. The van der Waals surface area contributed by atoms with Crippen LogP contribution in [0.15, 0.2) is 50.8 Å². The molecule has 0 atom stereocenters. The van der Waals surface area contributed by atoms with E-state index in [4.69, 9.17) is 9.26 Å². The van der Waals surface area contributed by atoms with Gasteiger partial charge in [0.15, 0.2) is 5.76 Å². The summed E-state index contributed by atoms with van der Waals surface area (Å²) in [6, 6.07) is 9.64. The molecule has 4 nitrogen and oxygen atoms in total. The molecule has 3 rings (SSSR count). The third-order valence-electron chi connectivity index (χ3n) is 2.83. The van der Waals surface area contributed by atoms with Crippen LogP contribution in [0.4, 0.5) is 4.39 Å². The molecule has 22 heavy (non-hydrogen) atoms. The standard InChI is InChI=1S/C15H9BrFNO3S/c16-9-3-4-11(12(17)6-9)15(19)20-8-10-7-13(21-18-10)14-2-1-5-22-14/h1-7H,8H2. The lowest BCUT2D eigenvalue weighted by Gasteiger charge is -2.03. The summed E-state index contributed by atoms with van der Waals surface area (Å²) in [6.07, 6.45) is 0. The number of ether oxygens (including phenoxy) is 1. The number of rotatable bonds is 4. The van der Waals surface area contributed by atoms with E-state index in [-0.39, 0.29) is 12.2 Å². The van der Waals surface area contributed by atoms with Gasteiger partial charge in [-0.3, -0.25) is 0 Å². The van der Waals surface area contributed by atoms with Crippen molar-refractivity contribution < 1.29 is 18.4 Å². The van der Waals surface area contributed by atoms with Crippen LogP contribution in [-0.4, -0.2) is 11.1 Å². The van der Waals surface area contributed by atoms with Gasteiger partial charge in [0.05, 0.1) is 10.4 Å². The zero-order chi connectivity index (χ0) is 15.5. The first-order valence-electron chi connectivity index (χ1n) is 6.25. The second-order valence-electron chi connectivity index (χ2n) is 4.36. The van der Waals surface area contributed by atoms with Crippen LogP contribution < -0.4 is 0 Å². The van der Waals surface area contributed by atoms with Crippen LogP contribution in [-0.2, 0) is 11.3 Å². The molecule has 0 radical (unpaired) electrons. The summed E-state index contributed by atoms with van der Waals surface area (Å²) < 4.78 is 24.4. The van der Waals surface area contributed by atoms with Crippen molar-refractivity contribution in [3.05, 3.63) is 63.3 Å². The van der Waals surface area contributed by atoms with E-state index in [1.807, 2.05) is 17.5 Å². The zero-order valence-corrected chi connectivity index (χ0v) is 13.5. The molecule has 7 heteroatoms. The highest BCUT2D eigenvalue weighted by molar-refractivity contribution is 9.10. The molecule has 0 aliphatic rings. The number of aromatic nitrogens is 1. The van der Waals surface area contributed by atoms with Gasteiger partial charge >= 0.3 is 5.97 Å². The number of carbonyl (C=O) groups is 1. The molecule has 0 N–H and O–H groups in total. The van der Waals surface area contributed by atoms with E-state index in [0.717, 1.165) is 4.88 Å². The lowest BCUT2D eigenvalue weighted by Crippen LogP contribution is -2.07. The van der Waals surface area contributed by atoms with Gasteiger partial charge in [0, 0.05) is 10.5 Å². The molecule has 1 aromatic carbocycles. The zero-order valence-electron chi connectivity index (χ0n) is 11.1. The van der Waals surface area contributed by atoms with E-state index in [0.29, 0.717) is 15.9 Å². The minimum absolute atomic E-state index is 0.0801. The fraction of sp³-hybridized carbons (Fsp3) is 0.0667. The summed E-state index contributed by atoms with van der Waals surface area (Å²) in [7, 11) is 0. The van der Waals surface area contributed by atoms with E-state index in [9.17, 15) is 9.18 Å². The van der Waals surface area contributed by atoms with Gasteiger partial charge in [0.1, 0.15) is 18.1 Å². The summed E-state index contributed by atoms with van der Waals surface area (Å²) in [6.45, 7) is -0.0801. The van der Waals surface area contributed by atoms with Crippen LogP contribution >= 0.6 is 27.3 Å². The van der Waals surface area contributed by atoms with Gasteiger partial charge in [-0.05, 0) is 29.6 Å². The molecule has 0 spiro atoms. The monoisotopic (exact) mass is 381 g/mol. The van der Waals surface area contributed by atoms with Crippen molar-refractivity contribution in [1.82, 2.24) is 5.16 Å². The van der Waals surface area contributed by atoms with Crippen molar-refractivity contribution in [3.8, 4) is 10.6 Å². The number of hydrogen-bond donors (Lipinski definition) is 0. The summed E-state index contributed by atoms with van der Waals surface area (Å²) >= 11 is 4.65. The lowest BCUT2D eigenvalue weighted by atomic mass is 10.2. The van der Waals surface area contributed by atoms with Gasteiger partial charge in [0.25, 0.3) is 0 Å². The first-order valence-corrected chi connectivity index (χ1v) is 7.92. The number of carbonyl (C=O) groups excluding carboxylic acids is 1. The van der Waals surface area contributed by atoms with E-state index >= 15 is 0 Å². The van der Waals surface area contributed by atoms with Crippen molar-refractivity contribution in [3.63, 3.8) is 0 Å². The number of halogens is 2. The van der Waals surface area contributed by atoms with Gasteiger partial charge in [0.2, 0.25) is 0 Å². The second-order valence-corrected chi connectivity index (χ2v) is 6.22. The summed E-state index contributed by atoms with van der Waals surface area (Å²) in [5.41, 5.74) is 0.347. The van der Waals surface area contributed by atoms with Gasteiger partial charge in [-0.25, -0.2) is 9.18 Å². The Kier molecular flexibility index (Phi) is 4.35. The fourth-order valence-electron chi connectivity index (χ4n) is 1.79. The van der Waals surface area contributed by atoms with E-state index < -0.39 is 11.8 Å². The van der Waals surface area contributed by atoms with E-state index in [1.165, 1.54) is 23.5 Å². The summed E-state index contributed by atoms with van der Waals surface area (Å²) in [4.78, 5) is 12.8. The SMILES string of the molecule is O=C(OCc1cc(-c2cccs2)on1)c1ccc(Br)cc1F. The maximum atomic E-state index is 13.7. The highest BCUT2D eigenvalue weighted by Gasteiger charge is 2.15. The van der Waals surface area contributed by atoms with Gasteiger partial charge in [-0.15, -0.1) is 11.3 Å². The molecular formula is C15H9BrFNO3S. The first-order chi connectivity index (χ1) is 10.6. The molecule has 3 aromatic rings. The third-order valence-corrected chi connectivity index (χ3v) is 4.20. The highest BCUT2D eigenvalue weighted by atomic mass is 79.9. The minimum atomic E-state index is -0.745. The van der Waals surface area contributed by atoms with Crippen molar-refractivity contribution >= 4 is 33.2 Å². The number of benzene rings is 1. The number of hydrogen-bond acceptors (Lipinski definition) is 5. The van der Waals surface area contributed by atoms with Crippen LogP contribution in [0, 0.1) is 5.82 Å².